The number of anilines is 1. The lowest BCUT2D eigenvalue weighted by molar-refractivity contribution is -0.136. The van der Waals surface area contributed by atoms with Gasteiger partial charge in [0.1, 0.15) is 18.0 Å². The van der Waals surface area contributed by atoms with Crippen LogP contribution < -0.4 is 11.4 Å². The summed E-state index contributed by atoms with van der Waals surface area (Å²) in [7, 11) is 0. The first-order valence-corrected chi connectivity index (χ1v) is 6.48. The zero-order valence-electron chi connectivity index (χ0n) is 11.7. The summed E-state index contributed by atoms with van der Waals surface area (Å²) < 4.78 is 11.6. The first-order valence-electron chi connectivity index (χ1n) is 6.48. The van der Waals surface area contributed by atoms with Crippen LogP contribution in [0.3, 0.4) is 0 Å². The zero-order chi connectivity index (χ0) is 16.3. The fourth-order valence-electron chi connectivity index (χ4n) is 2.17. The number of hydrogen-bond acceptors (Lipinski definition) is 8. The number of aromatic nitrogens is 2. The number of aliphatic hydroxyl groups excluding tert-OH is 2. The van der Waals surface area contributed by atoms with Gasteiger partial charge in [0.25, 0.3) is 0 Å². The molecule has 1 fully saturated rings. The van der Waals surface area contributed by atoms with Crippen LogP contribution in [0.25, 0.3) is 10.4 Å². The van der Waals surface area contributed by atoms with Crippen molar-refractivity contribution < 1.29 is 19.7 Å². The van der Waals surface area contributed by atoms with Crippen LogP contribution in [0.4, 0.5) is 5.82 Å². The maximum absolute atomic E-state index is 11.8. The Morgan fingerprint density at radius 1 is 1.68 bits per heavy atom. The molecule has 1 aromatic heterocycles. The van der Waals surface area contributed by atoms with Crippen LogP contribution >= 0.6 is 0 Å². The lowest BCUT2D eigenvalue weighted by atomic mass is 10.1. The predicted molar refractivity (Wildman–Crippen MR) is 73.4 cm³/mol. The monoisotopic (exact) mass is 312 g/mol. The quantitative estimate of drug-likeness (QED) is 0.360. The molecule has 0 amide bonds. The zero-order valence-corrected chi connectivity index (χ0v) is 11.7. The van der Waals surface area contributed by atoms with Crippen LogP contribution in [0.2, 0.25) is 0 Å². The predicted octanol–water partition coefficient (Wildman–Crippen LogP) is -0.881. The highest BCUT2D eigenvalue weighted by atomic mass is 16.6. The molecule has 1 aliphatic rings. The van der Waals surface area contributed by atoms with Gasteiger partial charge in [-0.25, -0.2) is 4.79 Å². The van der Waals surface area contributed by atoms with Crippen LogP contribution in [0.15, 0.2) is 22.2 Å². The third-order valence-corrected chi connectivity index (χ3v) is 3.26. The van der Waals surface area contributed by atoms with Gasteiger partial charge in [0.05, 0.1) is 6.61 Å². The van der Waals surface area contributed by atoms with Gasteiger partial charge >= 0.3 is 5.69 Å². The van der Waals surface area contributed by atoms with Crippen LogP contribution in [-0.4, -0.2) is 50.9 Å². The Bertz CT molecular complexity index is 644. The van der Waals surface area contributed by atoms with Crippen molar-refractivity contribution in [3.05, 3.63) is 33.2 Å². The van der Waals surface area contributed by atoms with Crippen molar-refractivity contribution in [3.8, 4) is 0 Å². The van der Waals surface area contributed by atoms with Gasteiger partial charge < -0.3 is 25.4 Å². The van der Waals surface area contributed by atoms with E-state index in [1.807, 2.05) is 0 Å². The summed E-state index contributed by atoms with van der Waals surface area (Å²) in [4.78, 5) is 18.0. The topological polar surface area (TPSA) is 169 Å². The van der Waals surface area contributed by atoms with E-state index in [0.717, 1.165) is 4.57 Å². The van der Waals surface area contributed by atoms with E-state index in [-0.39, 0.29) is 19.0 Å². The Morgan fingerprint density at radius 2 is 2.41 bits per heavy atom. The second-order valence-corrected chi connectivity index (χ2v) is 4.66. The van der Waals surface area contributed by atoms with Crippen molar-refractivity contribution in [2.75, 3.05) is 18.9 Å². The SMILES string of the molecule is CCOC[C@@]1(N=[N+]=[N-])O[C@@H](n2ccc(N)nc2=O)[C@@H](O)[C@@H]1O. The Morgan fingerprint density at radius 3 is 3.00 bits per heavy atom. The number of azide groups is 1. The molecule has 1 aromatic rings. The summed E-state index contributed by atoms with van der Waals surface area (Å²) in [5, 5.41) is 23.7. The van der Waals surface area contributed by atoms with E-state index < -0.39 is 29.9 Å². The molecule has 1 aliphatic heterocycles. The molecule has 4 atom stereocenters. The summed E-state index contributed by atoms with van der Waals surface area (Å²) in [5.74, 6) is 0.00455. The van der Waals surface area contributed by atoms with Crippen molar-refractivity contribution in [1.82, 2.24) is 9.55 Å². The smallest absolute Gasteiger partial charge is 0.351 e. The lowest BCUT2D eigenvalue weighted by Crippen LogP contribution is -2.45. The summed E-state index contributed by atoms with van der Waals surface area (Å²) >= 11 is 0. The molecule has 22 heavy (non-hydrogen) atoms. The highest BCUT2D eigenvalue weighted by molar-refractivity contribution is 5.23. The van der Waals surface area contributed by atoms with Crippen molar-refractivity contribution in [1.29, 1.82) is 0 Å². The fraction of sp³-hybridized carbons (Fsp3) is 0.636. The minimum absolute atomic E-state index is 0.00455. The summed E-state index contributed by atoms with van der Waals surface area (Å²) in [6.07, 6.45) is -3.13. The van der Waals surface area contributed by atoms with E-state index in [0.29, 0.717) is 0 Å². The number of hydrogen-bond donors (Lipinski definition) is 3. The molecular formula is C11H16N6O5. The van der Waals surface area contributed by atoms with Crippen LogP contribution in [0, 0.1) is 0 Å². The van der Waals surface area contributed by atoms with Gasteiger partial charge in [-0.05, 0) is 18.5 Å². The van der Waals surface area contributed by atoms with E-state index in [9.17, 15) is 15.0 Å². The highest BCUT2D eigenvalue weighted by Gasteiger charge is 2.55. The van der Waals surface area contributed by atoms with E-state index >= 15 is 0 Å². The van der Waals surface area contributed by atoms with Gasteiger partial charge in [0.2, 0.25) is 5.72 Å². The Labute approximate surface area is 124 Å². The molecule has 0 unspecified atom stereocenters. The first-order chi connectivity index (χ1) is 10.4. The number of aliphatic hydroxyl groups is 2. The number of nitrogens with zero attached hydrogens (tertiary/aromatic N) is 5. The number of ether oxygens (including phenoxy) is 2. The van der Waals surface area contributed by atoms with E-state index in [1.165, 1.54) is 12.3 Å². The van der Waals surface area contributed by atoms with Crippen molar-refractivity contribution >= 4 is 5.82 Å². The third kappa shape index (κ3) is 2.75. The maximum Gasteiger partial charge on any atom is 0.351 e. The molecule has 2 rings (SSSR count). The van der Waals surface area contributed by atoms with Crippen molar-refractivity contribution in [3.63, 3.8) is 0 Å². The highest BCUT2D eigenvalue weighted by Crippen LogP contribution is 2.38. The van der Waals surface area contributed by atoms with E-state index in [4.69, 9.17) is 20.7 Å². The second-order valence-electron chi connectivity index (χ2n) is 4.66. The normalized spacial score (nSPS) is 31.0. The molecule has 0 radical (unpaired) electrons. The van der Waals surface area contributed by atoms with Gasteiger partial charge in [-0.15, -0.1) is 0 Å². The van der Waals surface area contributed by atoms with E-state index in [1.54, 1.807) is 6.92 Å². The molecule has 0 aromatic carbocycles. The average Bonchev–Trinajstić information content (AvgIpc) is 2.71. The molecular weight excluding hydrogens is 296 g/mol. The number of nitrogen functional groups attached to an aromatic ring is 1. The first kappa shape index (κ1) is 16.2. The summed E-state index contributed by atoms with van der Waals surface area (Å²) in [5.41, 5.74) is 11.5. The number of nitrogens with two attached hydrogens (primary N) is 1. The molecule has 11 heteroatoms. The Kier molecular flexibility index (Phi) is 4.64. The fourth-order valence-corrected chi connectivity index (χ4v) is 2.17. The second kappa shape index (κ2) is 6.30. The molecule has 0 spiro atoms. The minimum Gasteiger partial charge on any atom is -0.387 e. The average molecular weight is 312 g/mol. The van der Waals surface area contributed by atoms with Crippen LogP contribution in [-0.2, 0) is 9.47 Å². The van der Waals surface area contributed by atoms with Crippen molar-refractivity contribution in [2.45, 2.75) is 31.1 Å². The van der Waals surface area contributed by atoms with Crippen LogP contribution in [0.5, 0.6) is 0 Å². The molecule has 2 heterocycles. The molecule has 120 valence electrons. The molecule has 4 N–H and O–H groups in total. The van der Waals surface area contributed by atoms with Gasteiger partial charge in [0.15, 0.2) is 6.23 Å². The minimum atomic E-state index is -1.84. The Balaban J connectivity index is 2.39. The van der Waals surface area contributed by atoms with E-state index in [2.05, 4.69) is 15.0 Å². The lowest BCUT2D eigenvalue weighted by Gasteiger charge is -2.26. The molecule has 0 aliphatic carbocycles. The maximum atomic E-state index is 11.8. The van der Waals surface area contributed by atoms with Gasteiger partial charge in [0, 0.05) is 17.7 Å². The van der Waals surface area contributed by atoms with Crippen molar-refractivity contribution in [2.24, 2.45) is 5.11 Å². The standard InChI is InChI=1S/C11H16N6O5/c1-2-21-5-11(15-16-13)8(19)7(18)9(22-11)17-4-3-6(12)14-10(17)20/h3-4,7-9,18-19H,2,5H2,1H3,(H2,12,14,20)/t7-,8-,9+,11+/m0/s1. The summed E-state index contributed by atoms with van der Waals surface area (Å²) in [6, 6.07) is 1.33. The largest absolute Gasteiger partial charge is 0.387 e. The van der Waals surface area contributed by atoms with Gasteiger partial charge in [-0.2, -0.15) is 4.98 Å². The van der Waals surface area contributed by atoms with Gasteiger partial charge in [-0.3, -0.25) is 4.57 Å². The summed E-state index contributed by atoms with van der Waals surface area (Å²) in [6.45, 7) is 1.70. The molecule has 0 bridgehead atoms. The number of rotatable bonds is 5. The van der Waals surface area contributed by atoms with Crippen LogP contribution in [0.1, 0.15) is 13.2 Å². The molecule has 0 saturated carbocycles. The molecule has 11 nitrogen and oxygen atoms in total. The molecule has 1 saturated heterocycles. The third-order valence-electron chi connectivity index (χ3n) is 3.26. The Hall–Kier alpha value is -2.17. The van der Waals surface area contributed by atoms with Gasteiger partial charge in [-0.1, -0.05) is 5.11 Å².